The van der Waals surface area contributed by atoms with Gasteiger partial charge in [-0.05, 0) is 23.6 Å². The molecule has 0 aliphatic rings. The van der Waals surface area contributed by atoms with Crippen LogP contribution in [0.4, 0.5) is 10.5 Å². The van der Waals surface area contributed by atoms with Crippen LogP contribution in [0.25, 0.3) is 0 Å². The van der Waals surface area contributed by atoms with Gasteiger partial charge in [-0.2, -0.15) is 5.26 Å². The molecule has 1 aromatic carbocycles. The monoisotopic (exact) mass is 353 g/mol. The average Bonchev–Trinajstić information content (AvgIpc) is 2.34. The van der Waals surface area contributed by atoms with Crippen molar-refractivity contribution in [3.8, 4) is 6.07 Å². The largest absolute Gasteiger partial charge is 0.480 e. The van der Waals surface area contributed by atoms with E-state index >= 15 is 0 Å². The van der Waals surface area contributed by atoms with E-state index < -0.39 is 23.5 Å². The van der Waals surface area contributed by atoms with Gasteiger partial charge >= 0.3 is 12.0 Å². The Kier molecular flexibility index (Phi) is 5.33. The molecule has 0 fully saturated rings. The fourth-order valence-electron chi connectivity index (χ4n) is 1.66. The highest BCUT2D eigenvalue weighted by Gasteiger charge is 2.32. The number of halogens is 1. The van der Waals surface area contributed by atoms with E-state index in [2.05, 4.69) is 26.6 Å². The molecule has 0 saturated carbocycles. The first-order valence-corrected chi connectivity index (χ1v) is 6.94. The summed E-state index contributed by atoms with van der Waals surface area (Å²) >= 11 is 3.25. The third-order valence-electron chi connectivity index (χ3n) is 2.74. The topological polar surface area (TPSA) is 102 Å². The molecule has 1 rings (SSSR count). The number of hydrogen-bond donors (Lipinski definition) is 3. The molecule has 0 spiro atoms. The van der Waals surface area contributed by atoms with Gasteiger partial charge in [0.2, 0.25) is 0 Å². The molecular formula is C14H16BrN3O3. The summed E-state index contributed by atoms with van der Waals surface area (Å²) in [7, 11) is 0. The van der Waals surface area contributed by atoms with Crippen LogP contribution in [-0.2, 0) is 4.79 Å². The molecule has 0 bridgehead atoms. The summed E-state index contributed by atoms with van der Waals surface area (Å²) in [6.07, 6.45) is 0. The highest BCUT2D eigenvalue weighted by molar-refractivity contribution is 9.10. The number of carbonyl (C=O) groups excluding carboxylic acids is 1. The molecule has 112 valence electrons. The molecule has 0 aliphatic heterocycles. The fourth-order valence-corrected chi connectivity index (χ4v) is 2.02. The van der Waals surface area contributed by atoms with Crippen LogP contribution in [0, 0.1) is 16.7 Å². The van der Waals surface area contributed by atoms with E-state index in [-0.39, 0.29) is 5.56 Å². The molecule has 1 aromatic rings. The molecular weight excluding hydrogens is 338 g/mol. The quantitative estimate of drug-likeness (QED) is 0.777. The number of carboxylic acids is 1. The van der Waals surface area contributed by atoms with Crippen molar-refractivity contribution in [3.63, 3.8) is 0 Å². The Hall–Kier alpha value is -2.07. The highest BCUT2D eigenvalue weighted by atomic mass is 79.9. The van der Waals surface area contributed by atoms with Crippen LogP contribution >= 0.6 is 15.9 Å². The first-order chi connectivity index (χ1) is 9.65. The minimum absolute atomic E-state index is 0.288. The lowest BCUT2D eigenvalue weighted by molar-refractivity contribution is -0.141. The van der Waals surface area contributed by atoms with Crippen molar-refractivity contribution >= 4 is 33.6 Å². The molecule has 3 N–H and O–H groups in total. The minimum Gasteiger partial charge on any atom is -0.480 e. The van der Waals surface area contributed by atoms with Gasteiger partial charge in [-0.1, -0.05) is 36.7 Å². The number of carbonyl (C=O) groups is 2. The van der Waals surface area contributed by atoms with Crippen LogP contribution in [-0.4, -0.2) is 23.1 Å². The first kappa shape index (κ1) is 17.0. The number of benzene rings is 1. The maximum atomic E-state index is 11.9. The number of carboxylic acid groups (broad SMARTS) is 1. The zero-order valence-electron chi connectivity index (χ0n) is 11.9. The molecule has 0 saturated heterocycles. The maximum absolute atomic E-state index is 11.9. The summed E-state index contributed by atoms with van der Waals surface area (Å²) in [4.78, 5) is 23.2. The van der Waals surface area contributed by atoms with Gasteiger partial charge in [-0.15, -0.1) is 0 Å². The van der Waals surface area contributed by atoms with Crippen LogP contribution < -0.4 is 10.6 Å². The van der Waals surface area contributed by atoms with Gasteiger partial charge in [0, 0.05) is 4.47 Å². The zero-order valence-corrected chi connectivity index (χ0v) is 13.5. The van der Waals surface area contributed by atoms with Gasteiger partial charge < -0.3 is 15.7 Å². The van der Waals surface area contributed by atoms with E-state index in [1.807, 2.05) is 6.07 Å². The van der Waals surface area contributed by atoms with Gasteiger partial charge in [0.15, 0.2) is 0 Å². The molecule has 0 heterocycles. The second-order valence-corrected chi connectivity index (χ2v) is 6.45. The molecule has 21 heavy (non-hydrogen) atoms. The van der Waals surface area contributed by atoms with Crippen molar-refractivity contribution < 1.29 is 14.7 Å². The summed E-state index contributed by atoms with van der Waals surface area (Å²) in [5.41, 5.74) is -0.0446. The number of anilines is 1. The van der Waals surface area contributed by atoms with E-state index in [1.165, 1.54) is 0 Å². The lowest BCUT2D eigenvalue weighted by Gasteiger charge is -2.27. The highest BCUT2D eigenvalue weighted by Crippen LogP contribution is 2.22. The van der Waals surface area contributed by atoms with Crippen molar-refractivity contribution in [2.24, 2.45) is 5.41 Å². The Morgan fingerprint density at radius 2 is 2.00 bits per heavy atom. The number of urea groups is 1. The molecule has 7 heteroatoms. The number of amides is 2. The van der Waals surface area contributed by atoms with Gasteiger partial charge in [-0.25, -0.2) is 9.59 Å². The average molecular weight is 354 g/mol. The van der Waals surface area contributed by atoms with Crippen molar-refractivity contribution in [2.45, 2.75) is 26.8 Å². The minimum atomic E-state index is -1.12. The standard InChI is InChI=1S/C14H16BrN3O3/c1-14(2,3)11(12(19)20)18-13(21)17-10-6-9(15)5-4-8(10)7-16/h4-6,11H,1-3H3,(H,19,20)(H2,17,18,21)/t11-/m0/s1. The van der Waals surface area contributed by atoms with E-state index in [4.69, 9.17) is 10.4 Å². The van der Waals surface area contributed by atoms with Crippen LogP contribution in [0.1, 0.15) is 26.3 Å². The van der Waals surface area contributed by atoms with Crippen molar-refractivity contribution in [2.75, 3.05) is 5.32 Å². The van der Waals surface area contributed by atoms with E-state index in [0.717, 1.165) is 0 Å². The normalized spacial score (nSPS) is 12.1. The summed E-state index contributed by atoms with van der Waals surface area (Å²) in [5.74, 6) is -1.12. The molecule has 1 atom stereocenters. The van der Waals surface area contributed by atoms with Gasteiger partial charge in [0.25, 0.3) is 0 Å². The third-order valence-corrected chi connectivity index (χ3v) is 3.23. The van der Waals surface area contributed by atoms with Crippen molar-refractivity contribution in [3.05, 3.63) is 28.2 Å². The molecule has 0 aliphatic carbocycles. The molecule has 6 nitrogen and oxygen atoms in total. The Morgan fingerprint density at radius 3 is 2.48 bits per heavy atom. The maximum Gasteiger partial charge on any atom is 0.326 e. The zero-order chi connectivity index (χ0) is 16.2. The molecule has 0 aromatic heterocycles. The second-order valence-electron chi connectivity index (χ2n) is 5.54. The number of nitriles is 1. The number of nitrogens with one attached hydrogen (secondary N) is 2. The Balaban J connectivity index is 2.90. The smallest absolute Gasteiger partial charge is 0.326 e. The first-order valence-electron chi connectivity index (χ1n) is 6.15. The van der Waals surface area contributed by atoms with Crippen LogP contribution in [0.3, 0.4) is 0 Å². The number of nitrogens with zero attached hydrogens (tertiary/aromatic N) is 1. The molecule has 0 radical (unpaired) electrons. The number of aliphatic carboxylic acids is 1. The van der Waals surface area contributed by atoms with Crippen LogP contribution in [0.5, 0.6) is 0 Å². The summed E-state index contributed by atoms with van der Waals surface area (Å²) in [6.45, 7) is 5.14. The second kappa shape index (κ2) is 6.59. The van der Waals surface area contributed by atoms with Gasteiger partial charge in [0.05, 0.1) is 11.3 Å². The van der Waals surface area contributed by atoms with Crippen molar-refractivity contribution in [1.82, 2.24) is 5.32 Å². The number of hydrogen-bond acceptors (Lipinski definition) is 3. The summed E-state index contributed by atoms with van der Waals surface area (Å²) < 4.78 is 0.697. The Morgan fingerprint density at radius 1 is 1.38 bits per heavy atom. The lowest BCUT2D eigenvalue weighted by atomic mass is 9.87. The van der Waals surface area contributed by atoms with E-state index in [1.54, 1.807) is 39.0 Å². The fraction of sp³-hybridized carbons (Fsp3) is 0.357. The number of rotatable bonds is 3. The predicted octanol–water partition coefficient (Wildman–Crippen LogP) is 2.94. The Labute approximate surface area is 131 Å². The summed E-state index contributed by atoms with van der Waals surface area (Å²) in [5, 5.41) is 23.1. The predicted molar refractivity (Wildman–Crippen MR) is 81.9 cm³/mol. The van der Waals surface area contributed by atoms with E-state index in [0.29, 0.717) is 10.2 Å². The van der Waals surface area contributed by atoms with Gasteiger partial charge in [-0.3, -0.25) is 0 Å². The van der Waals surface area contributed by atoms with E-state index in [9.17, 15) is 9.59 Å². The summed E-state index contributed by atoms with van der Waals surface area (Å²) in [6, 6.07) is 5.04. The molecule has 2 amide bonds. The van der Waals surface area contributed by atoms with Crippen LogP contribution in [0.2, 0.25) is 0 Å². The van der Waals surface area contributed by atoms with Gasteiger partial charge in [0.1, 0.15) is 12.1 Å². The molecule has 0 unspecified atom stereocenters. The Bertz CT molecular complexity index is 602. The van der Waals surface area contributed by atoms with Crippen LogP contribution in [0.15, 0.2) is 22.7 Å². The lowest BCUT2D eigenvalue weighted by Crippen LogP contribution is -2.50. The third kappa shape index (κ3) is 4.76. The van der Waals surface area contributed by atoms with Crippen molar-refractivity contribution in [1.29, 1.82) is 5.26 Å². The SMILES string of the molecule is CC(C)(C)[C@@H](NC(=O)Nc1cc(Br)ccc1C#N)C(=O)O.